The highest BCUT2D eigenvalue weighted by molar-refractivity contribution is 5.65. The first-order chi connectivity index (χ1) is 11.8. The molecular formula is C17H22F5NO3. The molecule has 0 aliphatic carbocycles. The van der Waals surface area contributed by atoms with E-state index in [1.807, 2.05) is 0 Å². The summed E-state index contributed by atoms with van der Waals surface area (Å²) in [6, 6.07) is 7.23. The molecule has 1 aromatic carbocycles. The molecule has 0 heterocycles. The highest BCUT2D eigenvalue weighted by Crippen LogP contribution is 2.39. The topological polar surface area (TPSA) is 60.8 Å². The summed E-state index contributed by atoms with van der Waals surface area (Å²) in [5.74, 6) is -4.86. The highest BCUT2D eigenvalue weighted by Gasteiger charge is 2.56. The molecule has 1 aromatic rings. The first-order valence-corrected chi connectivity index (χ1v) is 7.96. The van der Waals surface area contributed by atoms with Gasteiger partial charge in [-0.3, -0.25) is 4.90 Å². The molecule has 0 aliphatic rings. The second kappa shape index (κ2) is 8.20. The van der Waals surface area contributed by atoms with Crippen LogP contribution in [0.3, 0.4) is 0 Å². The molecule has 0 radical (unpaired) electrons. The van der Waals surface area contributed by atoms with Gasteiger partial charge in [-0.2, -0.15) is 22.0 Å². The summed E-state index contributed by atoms with van der Waals surface area (Å²) in [7, 11) is 0. The quantitative estimate of drug-likeness (QED) is 0.641. The molecule has 0 saturated heterocycles. The maximum absolute atomic E-state index is 13.1. The van der Waals surface area contributed by atoms with Gasteiger partial charge in [0.1, 0.15) is 0 Å². The van der Waals surface area contributed by atoms with E-state index in [2.05, 4.69) is 0 Å². The Balaban J connectivity index is 2.91. The molecule has 0 bridgehead atoms. The van der Waals surface area contributed by atoms with Crippen LogP contribution in [0.5, 0.6) is 0 Å². The van der Waals surface area contributed by atoms with Gasteiger partial charge in [-0.25, -0.2) is 4.79 Å². The number of nitrogens with zero attached hydrogens (tertiary/aromatic N) is 1. The number of amides is 1. The Bertz CT molecular complexity index is 584. The van der Waals surface area contributed by atoms with E-state index in [4.69, 9.17) is 0 Å². The fraction of sp³-hybridized carbons (Fsp3) is 0.588. The largest absolute Gasteiger partial charge is 0.465 e. The van der Waals surface area contributed by atoms with Crippen molar-refractivity contribution in [3.8, 4) is 0 Å². The van der Waals surface area contributed by atoms with Crippen molar-refractivity contribution in [2.75, 3.05) is 0 Å². The van der Waals surface area contributed by atoms with Crippen LogP contribution in [0.1, 0.15) is 38.7 Å². The smallest absolute Gasteiger partial charge is 0.453 e. The fourth-order valence-corrected chi connectivity index (χ4v) is 2.64. The number of hydrogen-bond donors (Lipinski definition) is 2. The summed E-state index contributed by atoms with van der Waals surface area (Å²) in [6.45, 7) is 2.46. The minimum Gasteiger partial charge on any atom is -0.465 e. The van der Waals surface area contributed by atoms with Gasteiger partial charge < -0.3 is 10.2 Å². The molecule has 1 unspecified atom stereocenters. The molecule has 0 spiro atoms. The predicted molar refractivity (Wildman–Crippen MR) is 84.9 cm³/mol. The van der Waals surface area contributed by atoms with Gasteiger partial charge in [0.2, 0.25) is 0 Å². The Hall–Kier alpha value is -1.90. The third-order valence-electron chi connectivity index (χ3n) is 4.02. The average Bonchev–Trinajstić information content (AvgIpc) is 2.48. The van der Waals surface area contributed by atoms with E-state index in [1.54, 1.807) is 30.3 Å². The zero-order chi connectivity index (χ0) is 20.2. The summed E-state index contributed by atoms with van der Waals surface area (Å²) >= 11 is 0. The molecule has 0 fully saturated rings. The molecule has 2 N–H and O–H groups in total. The molecule has 0 aromatic heterocycles. The van der Waals surface area contributed by atoms with Gasteiger partial charge in [-0.15, -0.1) is 0 Å². The zero-order valence-electron chi connectivity index (χ0n) is 14.4. The monoisotopic (exact) mass is 383 g/mol. The summed E-state index contributed by atoms with van der Waals surface area (Å²) in [5, 5.41) is 19.7. The second-order valence-electron chi connectivity index (χ2n) is 6.66. The van der Waals surface area contributed by atoms with Crippen molar-refractivity contribution in [3.05, 3.63) is 35.9 Å². The van der Waals surface area contributed by atoms with Crippen LogP contribution < -0.4 is 0 Å². The van der Waals surface area contributed by atoms with Crippen molar-refractivity contribution in [3.63, 3.8) is 0 Å². The van der Waals surface area contributed by atoms with E-state index in [0.717, 1.165) is 4.90 Å². The summed E-state index contributed by atoms with van der Waals surface area (Å²) in [6.07, 6.45) is -9.47. The molecule has 0 aliphatic heterocycles. The van der Waals surface area contributed by atoms with E-state index in [-0.39, 0.29) is 13.0 Å². The lowest BCUT2D eigenvalue weighted by atomic mass is 9.91. The van der Waals surface area contributed by atoms with E-state index in [0.29, 0.717) is 5.56 Å². The third-order valence-corrected chi connectivity index (χ3v) is 4.02. The van der Waals surface area contributed by atoms with Gasteiger partial charge in [-0.1, -0.05) is 30.3 Å². The number of alkyl halides is 5. The molecule has 26 heavy (non-hydrogen) atoms. The Morgan fingerprint density at radius 3 is 2.08 bits per heavy atom. The second-order valence-corrected chi connectivity index (χ2v) is 6.66. The van der Waals surface area contributed by atoms with Crippen LogP contribution in [0, 0.1) is 0 Å². The van der Waals surface area contributed by atoms with Crippen LogP contribution in [0.25, 0.3) is 0 Å². The number of carbonyl (C=O) groups is 1. The molecule has 148 valence electrons. The van der Waals surface area contributed by atoms with Crippen molar-refractivity contribution in [2.24, 2.45) is 0 Å². The number of hydrogen-bond acceptors (Lipinski definition) is 2. The number of halogens is 5. The van der Waals surface area contributed by atoms with Crippen molar-refractivity contribution in [1.82, 2.24) is 4.90 Å². The van der Waals surface area contributed by atoms with Crippen LogP contribution in [-0.2, 0) is 6.54 Å². The normalized spacial score (nSPS) is 14.2. The van der Waals surface area contributed by atoms with Gasteiger partial charge in [-0.05, 0) is 32.3 Å². The minimum atomic E-state index is -5.66. The standard InChI is InChI=1S/C17H22F5NO3/c1-15(2,26)13(9-6-10-16(18,19)17(20,21)22)23(14(24)25)11-12-7-4-3-5-8-12/h3-5,7-8,13,26H,6,9-11H2,1-2H3,(H,24,25). The Labute approximate surface area is 148 Å². The maximum atomic E-state index is 13.1. The van der Waals surface area contributed by atoms with E-state index < -0.39 is 42.7 Å². The highest BCUT2D eigenvalue weighted by atomic mass is 19.4. The lowest BCUT2D eigenvalue weighted by Gasteiger charge is -2.38. The molecule has 0 saturated carbocycles. The van der Waals surface area contributed by atoms with E-state index >= 15 is 0 Å². The van der Waals surface area contributed by atoms with Crippen LogP contribution in [0.4, 0.5) is 26.7 Å². The number of benzene rings is 1. The van der Waals surface area contributed by atoms with Crippen molar-refractivity contribution >= 4 is 6.09 Å². The summed E-state index contributed by atoms with van der Waals surface area (Å²) in [4.78, 5) is 12.5. The van der Waals surface area contributed by atoms with Gasteiger partial charge in [0.15, 0.2) is 0 Å². The van der Waals surface area contributed by atoms with Gasteiger partial charge in [0.25, 0.3) is 0 Å². The molecular weight excluding hydrogens is 361 g/mol. The molecule has 4 nitrogen and oxygen atoms in total. The molecule has 9 heteroatoms. The predicted octanol–water partition coefficient (Wildman–Crippen LogP) is 4.67. The van der Waals surface area contributed by atoms with Crippen molar-refractivity contribution in [1.29, 1.82) is 0 Å². The van der Waals surface area contributed by atoms with Crippen LogP contribution in [-0.4, -0.2) is 44.9 Å². The summed E-state index contributed by atoms with van der Waals surface area (Å²) in [5.41, 5.74) is -1.02. The number of rotatable bonds is 8. The Kier molecular flexibility index (Phi) is 6.98. The first kappa shape index (κ1) is 22.1. The SMILES string of the molecule is CC(C)(O)C(CCCC(F)(F)C(F)(F)F)N(Cc1ccccc1)C(=O)O. The van der Waals surface area contributed by atoms with E-state index in [9.17, 15) is 37.0 Å². The fourth-order valence-electron chi connectivity index (χ4n) is 2.64. The minimum absolute atomic E-state index is 0.125. The van der Waals surface area contributed by atoms with Gasteiger partial charge in [0, 0.05) is 13.0 Å². The first-order valence-electron chi connectivity index (χ1n) is 7.96. The van der Waals surface area contributed by atoms with Crippen LogP contribution in [0.2, 0.25) is 0 Å². The average molecular weight is 383 g/mol. The summed E-state index contributed by atoms with van der Waals surface area (Å²) < 4.78 is 62.9. The third kappa shape index (κ3) is 6.12. The molecule has 1 amide bonds. The van der Waals surface area contributed by atoms with E-state index in [1.165, 1.54) is 13.8 Å². The van der Waals surface area contributed by atoms with Gasteiger partial charge >= 0.3 is 18.2 Å². The number of aliphatic hydroxyl groups is 1. The van der Waals surface area contributed by atoms with Crippen molar-refractivity contribution in [2.45, 2.75) is 63.4 Å². The molecule has 1 rings (SSSR count). The lowest BCUT2D eigenvalue weighted by Crippen LogP contribution is -2.51. The molecule has 1 atom stereocenters. The van der Waals surface area contributed by atoms with Crippen LogP contribution >= 0.6 is 0 Å². The maximum Gasteiger partial charge on any atom is 0.453 e. The number of carboxylic acid groups (broad SMARTS) is 1. The Morgan fingerprint density at radius 2 is 1.65 bits per heavy atom. The zero-order valence-corrected chi connectivity index (χ0v) is 14.4. The lowest BCUT2D eigenvalue weighted by molar-refractivity contribution is -0.284. The van der Waals surface area contributed by atoms with Gasteiger partial charge in [0.05, 0.1) is 11.6 Å². The Morgan fingerprint density at radius 1 is 1.12 bits per heavy atom. The van der Waals surface area contributed by atoms with Crippen molar-refractivity contribution < 1.29 is 37.0 Å². The van der Waals surface area contributed by atoms with Crippen LogP contribution in [0.15, 0.2) is 30.3 Å².